The second-order valence-electron chi connectivity index (χ2n) is 5.60. The lowest BCUT2D eigenvalue weighted by Crippen LogP contribution is -2.40. The van der Waals surface area contributed by atoms with Crippen LogP contribution in [0, 0.1) is 17.8 Å². The maximum Gasteiger partial charge on any atom is 0.310 e. The molecule has 1 aliphatic rings. The summed E-state index contributed by atoms with van der Waals surface area (Å²) in [4.78, 5) is 18.5. The maximum absolute atomic E-state index is 11.7. The molecule has 0 saturated carbocycles. The number of hydrogen-bond acceptors (Lipinski definition) is 3. The van der Waals surface area contributed by atoms with Crippen LogP contribution in [0.1, 0.15) is 27.7 Å². The minimum Gasteiger partial charge on any atom is -0.469 e. The molecule has 0 bridgehead atoms. The van der Waals surface area contributed by atoms with Crippen LogP contribution in [0.25, 0.3) is 0 Å². The predicted octanol–water partition coefficient (Wildman–Crippen LogP) is 1.97. The van der Waals surface area contributed by atoms with Gasteiger partial charge in [-0.25, -0.2) is 0 Å². The Kier molecular flexibility index (Phi) is 9.16. The molecule has 2 atom stereocenters. The molecule has 0 aromatic heterocycles. The van der Waals surface area contributed by atoms with Gasteiger partial charge in [0.2, 0.25) is 0 Å². The fraction of sp³-hybridized carbons (Fsp3) is 0.857. The van der Waals surface area contributed by atoms with Crippen LogP contribution in [0.3, 0.4) is 0 Å². The lowest BCUT2D eigenvalue weighted by molar-refractivity contribution is -0.145. The SMILES string of the molecule is CCNC(=NCC(C)C)N1CC(C)C(C(=O)OC)C1.I. The Hall–Kier alpha value is -0.530. The van der Waals surface area contributed by atoms with Crippen LogP contribution in [-0.2, 0) is 9.53 Å². The summed E-state index contributed by atoms with van der Waals surface area (Å²) in [5.41, 5.74) is 0. The molecule has 0 aliphatic carbocycles. The van der Waals surface area contributed by atoms with Crippen LogP contribution in [0.4, 0.5) is 0 Å². The van der Waals surface area contributed by atoms with E-state index in [2.05, 4.69) is 42.9 Å². The highest BCUT2D eigenvalue weighted by Crippen LogP contribution is 2.24. The average Bonchev–Trinajstić information content (AvgIpc) is 2.75. The summed E-state index contributed by atoms with van der Waals surface area (Å²) >= 11 is 0. The van der Waals surface area contributed by atoms with Crippen molar-refractivity contribution in [3.8, 4) is 0 Å². The number of methoxy groups -OCH3 is 1. The molecule has 1 heterocycles. The summed E-state index contributed by atoms with van der Waals surface area (Å²) in [5.74, 6) is 1.58. The zero-order valence-electron chi connectivity index (χ0n) is 13.2. The number of nitrogens with zero attached hydrogens (tertiary/aromatic N) is 2. The Labute approximate surface area is 139 Å². The molecule has 1 rings (SSSR count). The number of rotatable bonds is 4. The van der Waals surface area contributed by atoms with Crippen LogP contribution >= 0.6 is 24.0 Å². The largest absolute Gasteiger partial charge is 0.469 e. The molecule has 0 radical (unpaired) electrons. The van der Waals surface area contributed by atoms with Crippen molar-refractivity contribution in [1.82, 2.24) is 10.2 Å². The van der Waals surface area contributed by atoms with Gasteiger partial charge in [-0.05, 0) is 18.8 Å². The van der Waals surface area contributed by atoms with Gasteiger partial charge in [0.05, 0.1) is 13.0 Å². The van der Waals surface area contributed by atoms with Gasteiger partial charge in [0.25, 0.3) is 0 Å². The minimum absolute atomic E-state index is 0. The number of likely N-dealkylation sites (tertiary alicyclic amines) is 1. The third-order valence-electron chi connectivity index (χ3n) is 3.36. The Morgan fingerprint density at radius 3 is 2.60 bits per heavy atom. The molecule has 1 aliphatic heterocycles. The fourth-order valence-electron chi connectivity index (χ4n) is 2.29. The summed E-state index contributed by atoms with van der Waals surface area (Å²) in [6, 6.07) is 0. The normalized spacial score (nSPS) is 22.7. The Morgan fingerprint density at radius 1 is 1.45 bits per heavy atom. The molecule has 1 saturated heterocycles. The second-order valence-corrected chi connectivity index (χ2v) is 5.60. The summed E-state index contributed by atoms with van der Waals surface area (Å²) in [7, 11) is 1.45. The van der Waals surface area contributed by atoms with Crippen molar-refractivity contribution >= 4 is 35.9 Å². The second kappa shape index (κ2) is 9.41. The summed E-state index contributed by atoms with van der Waals surface area (Å²) in [6.07, 6.45) is 0. The van der Waals surface area contributed by atoms with Crippen molar-refractivity contribution in [2.75, 3.05) is 33.3 Å². The Balaban J connectivity index is 0.00000361. The van der Waals surface area contributed by atoms with Crippen LogP contribution < -0.4 is 5.32 Å². The molecular formula is C14H28IN3O2. The molecule has 118 valence electrons. The predicted molar refractivity (Wildman–Crippen MR) is 92.5 cm³/mol. The number of carbonyl (C=O) groups is 1. The van der Waals surface area contributed by atoms with E-state index in [0.29, 0.717) is 18.4 Å². The first-order chi connectivity index (χ1) is 8.99. The first-order valence-corrected chi connectivity index (χ1v) is 7.10. The number of halogens is 1. The molecule has 6 heteroatoms. The first-order valence-electron chi connectivity index (χ1n) is 7.10. The van der Waals surface area contributed by atoms with Crippen molar-refractivity contribution in [2.24, 2.45) is 22.7 Å². The highest BCUT2D eigenvalue weighted by molar-refractivity contribution is 14.0. The summed E-state index contributed by atoms with van der Waals surface area (Å²) < 4.78 is 4.86. The number of nitrogens with one attached hydrogen (secondary N) is 1. The van der Waals surface area contributed by atoms with Gasteiger partial charge >= 0.3 is 5.97 Å². The molecule has 0 aromatic carbocycles. The number of ether oxygens (including phenoxy) is 1. The zero-order chi connectivity index (χ0) is 14.4. The number of aliphatic imine (C=N–C) groups is 1. The van der Waals surface area contributed by atoms with Crippen molar-refractivity contribution < 1.29 is 9.53 Å². The highest BCUT2D eigenvalue weighted by atomic mass is 127. The van der Waals surface area contributed by atoms with E-state index in [9.17, 15) is 4.79 Å². The molecule has 20 heavy (non-hydrogen) atoms. The standard InChI is InChI=1S/C14H27N3O2.HI/c1-6-15-14(16-7-10(2)3)17-8-11(4)12(9-17)13(18)19-5;/h10-12H,6-9H2,1-5H3,(H,15,16);1H. The molecule has 1 N–H and O–H groups in total. The quantitative estimate of drug-likeness (QED) is 0.341. The van der Waals surface area contributed by atoms with Crippen LogP contribution in [0.2, 0.25) is 0 Å². The van der Waals surface area contributed by atoms with Gasteiger partial charge < -0.3 is 15.0 Å². The molecule has 0 spiro atoms. The van der Waals surface area contributed by atoms with Crippen LogP contribution in [-0.4, -0.2) is 50.1 Å². The number of carbonyl (C=O) groups excluding carboxylic acids is 1. The van der Waals surface area contributed by atoms with Gasteiger partial charge in [-0.3, -0.25) is 9.79 Å². The van der Waals surface area contributed by atoms with E-state index in [-0.39, 0.29) is 35.9 Å². The van der Waals surface area contributed by atoms with Gasteiger partial charge in [-0.15, -0.1) is 24.0 Å². The Bertz CT molecular complexity index is 334. The van der Waals surface area contributed by atoms with E-state index >= 15 is 0 Å². The van der Waals surface area contributed by atoms with E-state index in [1.807, 2.05) is 0 Å². The first kappa shape index (κ1) is 19.5. The molecule has 2 unspecified atom stereocenters. The van der Waals surface area contributed by atoms with Crippen molar-refractivity contribution in [3.05, 3.63) is 0 Å². The number of guanidine groups is 1. The van der Waals surface area contributed by atoms with Crippen molar-refractivity contribution in [2.45, 2.75) is 27.7 Å². The van der Waals surface area contributed by atoms with Gasteiger partial charge in [0.15, 0.2) is 5.96 Å². The zero-order valence-corrected chi connectivity index (χ0v) is 15.5. The number of esters is 1. The smallest absolute Gasteiger partial charge is 0.310 e. The van der Waals surface area contributed by atoms with E-state index in [0.717, 1.165) is 25.6 Å². The molecule has 1 fully saturated rings. The van der Waals surface area contributed by atoms with Crippen LogP contribution in [0.5, 0.6) is 0 Å². The number of hydrogen-bond donors (Lipinski definition) is 1. The van der Waals surface area contributed by atoms with Crippen LogP contribution in [0.15, 0.2) is 4.99 Å². The third kappa shape index (κ3) is 5.46. The van der Waals surface area contributed by atoms with Crippen molar-refractivity contribution in [1.29, 1.82) is 0 Å². The monoisotopic (exact) mass is 397 g/mol. The van der Waals surface area contributed by atoms with E-state index in [1.54, 1.807) is 0 Å². The summed E-state index contributed by atoms with van der Waals surface area (Å²) in [6.45, 7) is 11.6. The third-order valence-corrected chi connectivity index (χ3v) is 3.36. The lowest BCUT2D eigenvalue weighted by Gasteiger charge is -2.21. The summed E-state index contributed by atoms with van der Waals surface area (Å²) in [5, 5.41) is 3.30. The van der Waals surface area contributed by atoms with Gasteiger partial charge in [-0.2, -0.15) is 0 Å². The van der Waals surface area contributed by atoms with Gasteiger partial charge in [-0.1, -0.05) is 20.8 Å². The fourth-order valence-corrected chi connectivity index (χ4v) is 2.29. The minimum atomic E-state index is -0.116. The maximum atomic E-state index is 11.7. The molecular weight excluding hydrogens is 369 g/mol. The van der Waals surface area contributed by atoms with E-state index in [1.165, 1.54) is 7.11 Å². The molecule has 0 amide bonds. The molecule has 0 aromatic rings. The lowest BCUT2D eigenvalue weighted by atomic mass is 9.99. The van der Waals surface area contributed by atoms with E-state index < -0.39 is 0 Å². The average molecular weight is 397 g/mol. The van der Waals surface area contributed by atoms with Crippen molar-refractivity contribution in [3.63, 3.8) is 0 Å². The van der Waals surface area contributed by atoms with Gasteiger partial charge in [0, 0.05) is 26.2 Å². The molecule has 5 nitrogen and oxygen atoms in total. The topological polar surface area (TPSA) is 53.9 Å². The Morgan fingerprint density at radius 2 is 2.10 bits per heavy atom. The highest BCUT2D eigenvalue weighted by Gasteiger charge is 2.36. The van der Waals surface area contributed by atoms with Gasteiger partial charge in [0.1, 0.15) is 0 Å². The van der Waals surface area contributed by atoms with E-state index in [4.69, 9.17) is 4.74 Å².